The first-order chi connectivity index (χ1) is 15.4. The van der Waals surface area contributed by atoms with Gasteiger partial charge in [-0.2, -0.15) is 0 Å². The minimum atomic E-state index is -0.0191. The second-order valence-electron chi connectivity index (χ2n) is 12.8. The van der Waals surface area contributed by atoms with Crippen LogP contribution >= 0.6 is 15.9 Å². The number of aromatic hydroxyl groups is 2. The largest absolute Gasteiger partial charge is 0.508 e. The van der Waals surface area contributed by atoms with Crippen LogP contribution in [0.4, 0.5) is 0 Å². The first-order valence-corrected chi connectivity index (χ1v) is 13.5. The van der Waals surface area contributed by atoms with E-state index in [1.54, 1.807) is 0 Å². The maximum Gasteiger partial charge on any atom is 0.127 e. The van der Waals surface area contributed by atoms with Crippen LogP contribution in [0.1, 0.15) is 88.5 Å². The molecule has 2 nitrogen and oxygen atoms in total. The third-order valence-corrected chi connectivity index (χ3v) is 12.5. The molecule has 0 heterocycles. The van der Waals surface area contributed by atoms with E-state index in [1.165, 1.54) is 25.7 Å². The summed E-state index contributed by atoms with van der Waals surface area (Å²) in [5.41, 5.74) is 6.79. The molecule has 6 unspecified atom stereocenters. The van der Waals surface area contributed by atoms with Crippen LogP contribution in [-0.4, -0.2) is 10.2 Å². The topological polar surface area (TPSA) is 40.5 Å². The van der Waals surface area contributed by atoms with E-state index in [9.17, 15) is 10.2 Å². The molecule has 4 aliphatic carbocycles. The monoisotopic (exact) mass is 508 g/mol. The first kappa shape index (κ1) is 22.0. The van der Waals surface area contributed by atoms with Crippen molar-refractivity contribution in [3.8, 4) is 22.6 Å². The minimum Gasteiger partial charge on any atom is -0.508 e. The molecule has 4 aliphatic rings. The van der Waals surface area contributed by atoms with Crippen LogP contribution in [0.2, 0.25) is 0 Å². The van der Waals surface area contributed by atoms with Gasteiger partial charge in [0.05, 0.1) is 0 Å². The average Bonchev–Trinajstić information content (AvgIpc) is 3.58. The number of fused-ring (bicyclic) bond motifs is 2. The Morgan fingerprint density at radius 2 is 1.36 bits per heavy atom. The Kier molecular flexibility index (Phi) is 4.26. The van der Waals surface area contributed by atoms with E-state index in [2.05, 4.69) is 69.6 Å². The number of aryl methyl sites for hydroxylation is 1. The summed E-state index contributed by atoms with van der Waals surface area (Å²) >= 11 is 3.85. The van der Waals surface area contributed by atoms with E-state index in [4.69, 9.17) is 0 Å². The fourth-order valence-electron chi connectivity index (χ4n) is 8.37. The smallest absolute Gasteiger partial charge is 0.127 e. The van der Waals surface area contributed by atoms with E-state index >= 15 is 0 Å². The first-order valence-electron chi connectivity index (χ1n) is 12.7. The van der Waals surface area contributed by atoms with Crippen LogP contribution in [0.15, 0.2) is 22.7 Å². The van der Waals surface area contributed by atoms with Crippen molar-refractivity contribution in [1.82, 2.24) is 0 Å². The molecule has 4 fully saturated rings. The van der Waals surface area contributed by atoms with Crippen LogP contribution in [0.25, 0.3) is 11.1 Å². The normalized spacial score (nSPS) is 40.6. The highest BCUT2D eigenvalue weighted by atomic mass is 79.9. The van der Waals surface area contributed by atoms with Crippen molar-refractivity contribution in [2.45, 2.75) is 90.9 Å². The Hall–Kier alpha value is -1.48. The van der Waals surface area contributed by atoms with Gasteiger partial charge in [0.1, 0.15) is 11.5 Å². The predicted octanol–water partition coefficient (Wildman–Crippen LogP) is 8.30. The summed E-state index contributed by atoms with van der Waals surface area (Å²) in [6, 6.07) is 6.34. The zero-order valence-corrected chi connectivity index (χ0v) is 22.5. The summed E-state index contributed by atoms with van der Waals surface area (Å²) in [7, 11) is 0. The fourth-order valence-corrected chi connectivity index (χ4v) is 8.80. The average molecular weight is 510 g/mol. The van der Waals surface area contributed by atoms with Gasteiger partial charge in [-0.15, -0.1) is 0 Å². The summed E-state index contributed by atoms with van der Waals surface area (Å²) in [5.74, 6) is 2.44. The number of hydrogen-bond acceptors (Lipinski definition) is 2. The van der Waals surface area contributed by atoms with Gasteiger partial charge in [0, 0.05) is 32.0 Å². The Labute approximate surface area is 206 Å². The van der Waals surface area contributed by atoms with Crippen LogP contribution in [-0.2, 0) is 10.8 Å². The van der Waals surface area contributed by atoms with Gasteiger partial charge < -0.3 is 10.2 Å². The molecule has 0 spiro atoms. The summed E-state index contributed by atoms with van der Waals surface area (Å²) in [6.07, 6.45) is 7.29. The van der Waals surface area contributed by atoms with Crippen molar-refractivity contribution in [3.63, 3.8) is 0 Å². The van der Waals surface area contributed by atoms with Gasteiger partial charge >= 0.3 is 0 Å². The zero-order valence-electron chi connectivity index (χ0n) is 20.9. The lowest BCUT2D eigenvalue weighted by Gasteiger charge is -2.36. The molecular weight excluding hydrogens is 472 g/mol. The lowest BCUT2D eigenvalue weighted by molar-refractivity contribution is 0.298. The van der Waals surface area contributed by atoms with E-state index in [0.717, 1.165) is 62.5 Å². The van der Waals surface area contributed by atoms with Gasteiger partial charge in [-0.3, -0.25) is 0 Å². The van der Waals surface area contributed by atoms with Gasteiger partial charge in [0.15, 0.2) is 0 Å². The predicted molar refractivity (Wildman–Crippen MR) is 138 cm³/mol. The van der Waals surface area contributed by atoms with Crippen LogP contribution in [0.3, 0.4) is 0 Å². The molecule has 0 radical (unpaired) electrons. The number of halogens is 1. The lowest BCUT2D eigenvalue weighted by atomic mass is 9.68. The molecular formula is C30H37BrO2. The van der Waals surface area contributed by atoms with Crippen LogP contribution in [0.5, 0.6) is 11.5 Å². The molecule has 2 aromatic rings. The van der Waals surface area contributed by atoms with Crippen molar-refractivity contribution < 1.29 is 10.2 Å². The highest BCUT2D eigenvalue weighted by Gasteiger charge is 2.67. The van der Waals surface area contributed by atoms with E-state index in [1.807, 2.05) is 6.07 Å². The summed E-state index contributed by atoms with van der Waals surface area (Å²) in [4.78, 5) is 0. The molecule has 2 aromatic carbocycles. The Bertz CT molecular complexity index is 1210. The Morgan fingerprint density at radius 1 is 0.818 bits per heavy atom. The molecule has 0 saturated heterocycles. The number of phenolic OH excluding ortho intramolecular Hbond substituents is 2. The molecule has 176 valence electrons. The number of hydrogen-bond donors (Lipinski definition) is 2. The maximum absolute atomic E-state index is 11.9. The molecule has 0 aliphatic heterocycles. The van der Waals surface area contributed by atoms with Crippen molar-refractivity contribution >= 4 is 15.9 Å². The molecule has 33 heavy (non-hydrogen) atoms. The quantitative estimate of drug-likeness (QED) is 0.437. The van der Waals surface area contributed by atoms with Gasteiger partial charge in [0.2, 0.25) is 0 Å². The van der Waals surface area contributed by atoms with E-state index in [-0.39, 0.29) is 16.2 Å². The second kappa shape index (κ2) is 6.39. The standard InChI is InChI=1S/C30H37BrO2/c1-16-11-24(32)21(27(3)9-7-18-14-29(18,27)5)12-20(16)25-17(2)23(31)13-22(26(25)33)28(4)10-8-19-15-30(19,28)6/h11-13,18-19,32-33H,7-10,14-15H2,1-6H3. The molecule has 0 amide bonds. The van der Waals surface area contributed by atoms with Gasteiger partial charge in [-0.05, 0) is 110 Å². The zero-order chi connectivity index (χ0) is 23.7. The SMILES string of the molecule is Cc1cc(O)c(C2(C)CCC3CC32C)cc1-c1c(C)c(Br)cc(C2(C)CCC3CC32C)c1O. The minimum absolute atomic E-state index is 0.00742. The highest BCUT2D eigenvalue weighted by molar-refractivity contribution is 9.10. The molecule has 6 atom stereocenters. The van der Waals surface area contributed by atoms with Crippen molar-refractivity contribution in [2.75, 3.05) is 0 Å². The molecule has 3 heteroatoms. The molecule has 6 rings (SSSR count). The number of phenols is 2. The molecule has 2 N–H and O–H groups in total. The molecule has 0 bridgehead atoms. The third kappa shape index (κ3) is 2.56. The summed E-state index contributed by atoms with van der Waals surface area (Å²) in [6.45, 7) is 13.7. The van der Waals surface area contributed by atoms with Crippen molar-refractivity contribution in [1.29, 1.82) is 0 Å². The molecule has 4 saturated carbocycles. The number of benzene rings is 2. The maximum atomic E-state index is 11.9. The highest BCUT2D eigenvalue weighted by Crippen LogP contribution is 2.74. The Morgan fingerprint density at radius 3 is 1.85 bits per heavy atom. The van der Waals surface area contributed by atoms with E-state index in [0.29, 0.717) is 16.9 Å². The van der Waals surface area contributed by atoms with Gasteiger partial charge in [-0.25, -0.2) is 0 Å². The van der Waals surface area contributed by atoms with Gasteiger partial charge in [-0.1, -0.05) is 43.6 Å². The van der Waals surface area contributed by atoms with Crippen LogP contribution in [0, 0.1) is 36.5 Å². The van der Waals surface area contributed by atoms with Gasteiger partial charge in [0.25, 0.3) is 0 Å². The van der Waals surface area contributed by atoms with Crippen molar-refractivity contribution in [2.24, 2.45) is 22.7 Å². The van der Waals surface area contributed by atoms with E-state index < -0.39 is 0 Å². The molecule has 0 aromatic heterocycles. The number of rotatable bonds is 3. The van der Waals surface area contributed by atoms with Crippen molar-refractivity contribution in [3.05, 3.63) is 44.9 Å². The second-order valence-corrected chi connectivity index (χ2v) is 13.7. The fraction of sp³-hybridized carbons (Fsp3) is 0.600. The Balaban J connectivity index is 1.56. The summed E-state index contributed by atoms with van der Waals surface area (Å²) in [5, 5.41) is 23.0. The lowest BCUT2D eigenvalue weighted by Crippen LogP contribution is -2.29. The summed E-state index contributed by atoms with van der Waals surface area (Å²) < 4.78 is 1.06. The third-order valence-electron chi connectivity index (χ3n) is 11.6. The van der Waals surface area contributed by atoms with Crippen LogP contribution < -0.4 is 0 Å².